The van der Waals surface area contributed by atoms with Crippen molar-refractivity contribution in [1.82, 2.24) is 4.90 Å². The number of carbonyl (C=O) groups is 2. The van der Waals surface area contributed by atoms with Gasteiger partial charge in [0.05, 0.1) is 6.61 Å². The van der Waals surface area contributed by atoms with E-state index in [1.807, 2.05) is 24.9 Å². The molecule has 0 unspecified atom stereocenters. The number of allylic oxidation sites excluding steroid dienone is 1. The number of aliphatic carboxylic acids is 1. The molecule has 0 aliphatic heterocycles. The molecular formula is C16H29NO4S2. The number of nitrogens with zero attached hydrogens (tertiary/aromatic N) is 1. The minimum Gasteiger partial charge on any atom is -0.481 e. The van der Waals surface area contributed by atoms with Crippen LogP contribution in [0.25, 0.3) is 0 Å². The molecule has 23 heavy (non-hydrogen) atoms. The van der Waals surface area contributed by atoms with Crippen LogP contribution < -0.4 is 0 Å². The van der Waals surface area contributed by atoms with E-state index in [4.69, 9.17) is 9.84 Å². The zero-order valence-electron chi connectivity index (χ0n) is 14.8. The third-order valence-corrected chi connectivity index (χ3v) is 5.99. The fourth-order valence-corrected chi connectivity index (χ4v) is 4.50. The van der Waals surface area contributed by atoms with Crippen molar-refractivity contribution in [1.29, 1.82) is 0 Å². The van der Waals surface area contributed by atoms with Gasteiger partial charge in [-0.2, -0.15) is 0 Å². The summed E-state index contributed by atoms with van der Waals surface area (Å²) in [5, 5.41) is 8.54. The van der Waals surface area contributed by atoms with Gasteiger partial charge in [0.15, 0.2) is 0 Å². The van der Waals surface area contributed by atoms with Crippen LogP contribution in [0.3, 0.4) is 0 Å². The van der Waals surface area contributed by atoms with Crippen LogP contribution in [0.2, 0.25) is 0 Å². The number of carbonyl (C=O) groups excluding carboxylic acids is 1. The van der Waals surface area contributed by atoms with Crippen LogP contribution in [0.4, 0.5) is 0 Å². The quantitative estimate of drug-likeness (QED) is 0.415. The second-order valence-corrected chi connectivity index (χ2v) is 8.32. The highest BCUT2D eigenvalue weighted by atomic mass is 33.1. The molecule has 7 heteroatoms. The molecule has 0 saturated heterocycles. The average molecular weight is 364 g/mol. The smallest absolute Gasteiger partial charge is 0.305 e. The summed E-state index contributed by atoms with van der Waals surface area (Å²) in [6, 6.07) is 0. The van der Waals surface area contributed by atoms with Crippen LogP contribution >= 0.6 is 21.6 Å². The molecule has 0 aromatic rings. The lowest BCUT2D eigenvalue weighted by Crippen LogP contribution is -2.12. The van der Waals surface area contributed by atoms with E-state index in [1.165, 1.54) is 10.6 Å². The lowest BCUT2D eigenvalue weighted by atomic mass is 10.2. The number of ether oxygens (including phenoxy) is 1. The van der Waals surface area contributed by atoms with Crippen molar-refractivity contribution >= 4 is 33.5 Å². The summed E-state index contributed by atoms with van der Waals surface area (Å²) in [5.74, 6) is 0.501. The number of esters is 1. The molecule has 0 saturated carbocycles. The standard InChI is InChI=1S/C16H29NO4S2/c1-12(2)11-22-23-14(13(3)17(4)5)9-10-21-16(20)8-6-7-15(18)19/h12H,6-11H2,1-5H3,(H,18,19)/b14-13-. The topological polar surface area (TPSA) is 66.8 Å². The van der Waals surface area contributed by atoms with Gasteiger partial charge in [0.1, 0.15) is 0 Å². The minimum atomic E-state index is -0.886. The predicted octanol–water partition coefficient (Wildman–Crippen LogP) is 4.01. The zero-order valence-corrected chi connectivity index (χ0v) is 16.4. The normalized spacial score (nSPS) is 12.1. The number of hydrogen-bond acceptors (Lipinski definition) is 6. The fourth-order valence-electron chi connectivity index (χ4n) is 1.49. The van der Waals surface area contributed by atoms with Crippen LogP contribution in [0, 0.1) is 5.92 Å². The van der Waals surface area contributed by atoms with E-state index in [9.17, 15) is 9.59 Å². The first-order chi connectivity index (χ1) is 10.7. The van der Waals surface area contributed by atoms with Gasteiger partial charge in [-0.1, -0.05) is 35.4 Å². The van der Waals surface area contributed by atoms with Crippen molar-refractivity contribution in [3.63, 3.8) is 0 Å². The van der Waals surface area contributed by atoms with Crippen molar-refractivity contribution < 1.29 is 19.4 Å². The number of rotatable bonds is 12. The second kappa shape index (κ2) is 12.6. The molecule has 0 rings (SSSR count). The fraction of sp³-hybridized carbons (Fsp3) is 0.750. The van der Waals surface area contributed by atoms with E-state index in [2.05, 4.69) is 25.7 Å². The number of hydrogen-bond donors (Lipinski definition) is 1. The Labute approximate surface area is 147 Å². The van der Waals surface area contributed by atoms with Crippen molar-refractivity contribution in [3.05, 3.63) is 10.6 Å². The van der Waals surface area contributed by atoms with Gasteiger partial charge in [-0.05, 0) is 19.3 Å². The third kappa shape index (κ3) is 12.3. The first-order valence-electron chi connectivity index (χ1n) is 7.78. The monoisotopic (exact) mass is 363 g/mol. The first-order valence-corrected chi connectivity index (χ1v) is 10.1. The lowest BCUT2D eigenvalue weighted by Gasteiger charge is -2.18. The van der Waals surface area contributed by atoms with E-state index in [-0.39, 0.29) is 18.8 Å². The van der Waals surface area contributed by atoms with Gasteiger partial charge in [-0.25, -0.2) is 0 Å². The summed E-state index contributed by atoms with van der Waals surface area (Å²) in [6.45, 7) is 6.78. The molecule has 134 valence electrons. The lowest BCUT2D eigenvalue weighted by molar-refractivity contribution is -0.143. The summed E-state index contributed by atoms with van der Waals surface area (Å²) in [5.41, 5.74) is 1.17. The maximum Gasteiger partial charge on any atom is 0.305 e. The second-order valence-electron chi connectivity index (χ2n) is 5.88. The van der Waals surface area contributed by atoms with E-state index < -0.39 is 5.97 Å². The Bertz CT molecular complexity index is 409. The molecule has 0 aliphatic carbocycles. The summed E-state index contributed by atoms with van der Waals surface area (Å²) < 4.78 is 5.20. The SMILES string of the molecule is C/C(=C(\CCOC(=O)CCCC(=O)O)SSCC(C)C)N(C)C. The Balaban J connectivity index is 4.26. The Morgan fingerprint density at radius 1 is 1.17 bits per heavy atom. The van der Waals surface area contributed by atoms with E-state index in [0.717, 1.165) is 5.75 Å². The summed E-state index contributed by atoms with van der Waals surface area (Å²) in [4.78, 5) is 25.2. The number of carboxylic acids is 1. The minimum absolute atomic E-state index is 0.00167. The Hall–Kier alpha value is -0.820. The molecule has 0 aromatic carbocycles. The molecule has 0 amide bonds. The predicted molar refractivity (Wildman–Crippen MR) is 98.3 cm³/mol. The van der Waals surface area contributed by atoms with Crippen molar-refractivity contribution in [2.24, 2.45) is 5.92 Å². The van der Waals surface area contributed by atoms with Gasteiger partial charge in [0.2, 0.25) is 0 Å². The number of carboxylic acid groups (broad SMARTS) is 1. The van der Waals surface area contributed by atoms with Gasteiger partial charge in [-0.15, -0.1) is 0 Å². The van der Waals surface area contributed by atoms with Gasteiger partial charge in [-0.3, -0.25) is 9.59 Å². The molecule has 0 aromatic heterocycles. The van der Waals surface area contributed by atoms with Crippen LogP contribution in [0.15, 0.2) is 10.6 Å². The highest BCUT2D eigenvalue weighted by Crippen LogP contribution is 2.36. The Morgan fingerprint density at radius 3 is 2.35 bits per heavy atom. The molecule has 0 atom stereocenters. The summed E-state index contributed by atoms with van der Waals surface area (Å²) in [7, 11) is 7.56. The summed E-state index contributed by atoms with van der Waals surface area (Å²) >= 11 is 0. The highest BCUT2D eigenvalue weighted by Gasteiger charge is 2.10. The van der Waals surface area contributed by atoms with Crippen LogP contribution in [0.1, 0.15) is 46.5 Å². The molecule has 0 bridgehead atoms. The molecule has 1 N–H and O–H groups in total. The third-order valence-electron chi connectivity index (χ3n) is 3.00. The molecule has 0 spiro atoms. The Kier molecular flexibility index (Phi) is 12.1. The largest absolute Gasteiger partial charge is 0.481 e. The van der Waals surface area contributed by atoms with Crippen molar-refractivity contribution in [2.45, 2.75) is 46.5 Å². The first kappa shape index (κ1) is 22.2. The zero-order chi connectivity index (χ0) is 17.8. The van der Waals surface area contributed by atoms with Gasteiger partial charge < -0.3 is 14.7 Å². The molecule has 0 fully saturated rings. The maximum atomic E-state index is 11.6. The maximum absolute atomic E-state index is 11.6. The molecule has 5 nitrogen and oxygen atoms in total. The molecule has 0 aliphatic rings. The van der Waals surface area contributed by atoms with Gasteiger partial charge in [0, 0.05) is 49.7 Å². The van der Waals surface area contributed by atoms with Crippen molar-refractivity contribution in [2.75, 3.05) is 26.5 Å². The van der Waals surface area contributed by atoms with Crippen LogP contribution in [0.5, 0.6) is 0 Å². The van der Waals surface area contributed by atoms with E-state index in [1.54, 1.807) is 10.8 Å². The van der Waals surface area contributed by atoms with E-state index >= 15 is 0 Å². The van der Waals surface area contributed by atoms with Crippen molar-refractivity contribution in [3.8, 4) is 0 Å². The van der Waals surface area contributed by atoms with Crippen LogP contribution in [-0.2, 0) is 14.3 Å². The van der Waals surface area contributed by atoms with Gasteiger partial charge in [0.25, 0.3) is 0 Å². The Morgan fingerprint density at radius 2 is 1.83 bits per heavy atom. The molecular weight excluding hydrogens is 334 g/mol. The highest BCUT2D eigenvalue weighted by molar-refractivity contribution is 8.78. The molecule has 0 heterocycles. The van der Waals surface area contributed by atoms with E-state index in [0.29, 0.717) is 25.4 Å². The average Bonchev–Trinajstić information content (AvgIpc) is 2.44. The summed E-state index contributed by atoms with van der Waals surface area (Å²) in [6.07, 6.45) is 1.17. The molecule has 0 radical (unpaired) electrons. The van der Waals surface area contributed by atoms with Gasteiger partial charge >= 0.3 is 11.9 Å². The van der Waals surface area contributed by atoms with Crippen LogP contribution in [-0.4, -0.2) is 48.4 Å².